The maximum absolute atomic E-state index is 12.3. The van der Waals surface area contributed by atoms with Crippen LogP contribution in [0.1, 0.15) is 26.2 Å². The molecule has 104 valence electrons. The Labute approximate surface area is 115 Å². The molecule has 1 aliphatic rings. The number of hydrogen-bond acceptors (Lipinski definition) is 3. The molecule has 1 saturated carbocycles. The average Bonchev–Trinajstić information content (AvgIpc) is 3.24. The third-order valence-corrected chi connectivity index (χ3v) is 3.55. The van der Waals surface area contributed by atoms with E-state index < -0.39 is 0 Å². The highest BCUT2D eigenvalue weighted by atomic mass is 16.2. The molecule has 1 aromatic carbocycles. The van der Waals surface area contributed by atoms with Crippen LogP contribution in [0.25, 0.3) is 0 Å². The van der Waals surface area contributed by atoms with Crippen molar-refractivity contribution in [3.05, 3.63) is 30.3 Å². The quantitative estimate of drug-likeness (QED) is 0.787. The molecule has 0 aromatic heterocycles. The van der Waals surface area contributed by atoms with Crippen molar-refractivity contribution < 1.29 is 4.79 Å². The molecule has 1 amide bonds. The van der Waals surface area contributed by atoms with Crippen molar-refractivity contribution in [1.82, 2.24) is 4.90 Å². The number of anilines is 1. The van der Waals surface area contributed by atoms with Gasteiger partial charge in [-0.1, -0.05) is 18.2 Å². The molecule has 0 bridgehead atoms. The second kappa shape index (κ2) is 6.68. The highest BCUT2D eigenvalue weighted by molar-refractivity contribution is 5.94. The van der Waals surface area contributed by atoms with Crippen molar-refractivity contribution >= 4 is 11.6 Å². The Hall–Kier alpha value is -1.39. The van der Waals surface area contributed by atoms with E-state index in [1.54, 1.807) is 0 Å². The minimum absolute atomic E-state index is 0.0649. The number of benzene rings is 1. The Balaban J connectivity index is 1.92. The van der Waals surface area contributed by atoms with Crippen LogP contribution in [0.3, 0.4) is 0 Å². The predicted molar refractivity (Wildman–Crippen MR) is 77.9 cm³/mol. The zero-order chi connectivity index (χ0) is 13.7. The second-order valence-electron chi connectivity index (χ2n) is 5.14. The fraction of sp³-hybridized carbons (Fsp3) is 0.533. The van der Waals surface area contributed by atoms with E-state index in [9.17, 15) is 4.79 Å². The van der Waals surface area contributed by atoms with E-state index in [1.165, 1.54) is 12.8 Å². The van der Waals surface area contributed by atoms with Crippen molar-refractivity contribution in [3.63, 3.8) is 0 Å². The van der Waals surface area contributed by atoms with E-state index in [-0.39, 0.29) is 11.9 Å². The van der Waals surface area contributed by atoms with Gasteiger partial charge in [0.05, 0.1) is 6.04 Å². The summed E-state index contributed by atoms with van der Waals surface area (Å²) in [5.41, 5.74) is 6.43. The van der Waals surface area contributed by atoms with Crippen LogP contribution in [0.4, 0.5) is 5.69 Å². The van der Waals surface area contributed by atoms with Gasteiger partial charge in [-0.3, -0.25) is 9.69 Å². The SMILES string of the molecule is CC(C(=O)Nc1ccccc1)N(CCCN)C1CC1. The Kier molecular flexibility index (Phi) is 4.93. The molecule has 19 heavy (non-hydrogen) atoms. The molecule has 3 N–H and O–H groups in total. The summed E-state index contributed by atoms with van der Waals surface area (Å²) in [6, 6.07) is 10.1. The first-order chi connectivity index (χ1) is 9.22. The predicted octanol–water partition coefficient (Wildman–Crippen LogP) is 1.83. The van der Waals surface area contributed by atoms with Gasteiger partial charge < -0.3 is 11.1 Å². The first-order valence-corrected chi connectivity index (χ1v) is 7.04. The minimum Gasteiger partial charge on any atom is -0.330 e. The standard InChI is InChI=1S/C15H23N3O/c1-12(18(11-5-10-16)14-8-9-14)15(19)17-13-6-3-2-4-7-13/h2-4,6-7,12,14H,5,8-11,16H2,1H3,(H,17,19). The zero-order valence-corrected chi connectivity index (χ0v) is 11.5. The summed E-state index contributed by atoms with van der Waals surface area (Å²) >= 11 is 0. The minimum atomic E-state index is -0.0979. The first kappa shape index (κ1) is 14.0. The molecule has 0 spiro atoms. The largest absolute Gasteiger partial charge is 0.330 e. The molecule has 0 radical (unpaired) electrons. The number of carbonyl (C=O) groups excluding carboxylic acids is 1. The van der Waals surface area contributed by atoms with Gasteiger partial charge in [0.15, 0.2) is 0 Å². The van der Waals surface area contributed by atoms with Gasteiger partial charge in [-0.15, -0.1) is 0 Å². The lowest BCUT2D eigenvalue weighted by atomic mass is 10.2. The molecule has 2 rings (SSSR count). The molecule has 0 saturated heterocycles. The molecule has 0 aliphatic heterocycles. The normalized spacial score (nSPS) is 16.4. The number of amides is 1. The summed E-state index contributed by atoms with van der Waals surface area (Å²) in [4.78, 5) is 14.5. The van der Waals surface area contributed by atoms with Crippen LogP contribution in [0.5, 0.6) is 0 Å². The number of carbonyl (C=O) groups is 1. The molecular formula is C15H23N3O. The van der Waals surface area contributed by atoms with E-state index in [2.05, 4.69) is 10.2 Å². The van der Waals surface area contributed by atoms with Gasteiger partial charge in [-0.05, 0) is 44.9 Å². The van der Waals surface area contributed by atoms with Crippen LogP contribution in [0, 0.1) is 0 Å². The first-order valence-electron chi connectivity index (χ1n) is 7.04. The lowest BCUT2D eigenvalue weighted by Gasteiger charge is -2.28. The van der Waals surface area contributed by atoms with Crippen LogP contribution in [0.15, 0.2) is 30.3 Å². The Morgan fingerprint density at radius 2 is 2.11 bits per heavy atom. The third kappa shape index (κ3) is 4.04. The number of hydrogen-bond donors (Lipinski definition) is 2. The maximum Gasteiger partial charge on any atom is 0.241 e. The van der Waals surface area contributed by atoms with Crippen molar-refractivity contribution in [3.8, 4) is 0 Å². The van der Waals surface area contributed by atoms with Gasteiger partial charge in [0, 0.05) is 18.3 Å². The molecule has 0 heterocycles. The fourth-order valence-electron chi connectivity index (χ4n) is 2.29. The number of para-hydroxylation sites is 1. The Morgan fingerprint density at radius 1 is 1.42 bits per heavy atom. The molecule has 1 unspecified atom stereocenters. The van der Waals surface area contributed by atoms with Crippen LogP contribution < -0.4 is 11.1 Å². The third-order valence-electron chi connectivity index (χ3n) is 3.55. The average molecular weight is 261 g/mol. The summed E-state index contributed by atoms with van der Waals surface area (Å²) in [5.74, 6) is 0.0649. The van der Waals surface area contributed by atoms with E-state index >= 15 is 0 Å². The lowest BCUT2D eigenvalue weighted by Crippen LogP contribution is -2.44. The number of nitrogens with two attached hydrogens (primary N) is 1. The van der Waals surface area contributed by atoms with E-state index in [0.29, 0.717) is 12.6 Å². The maximum atomic E-state index is 12.3. The molecule has 4 heteroatoms. The summed E-state index contributed by atoms with van der Waals surface area (Å²) in [7, 11) is 0. The van der Waals surface area contributed by atoms with Crippen LogP contribution >= 0.6 is 0 Å². The summed E-state index contributed by atoms with van der Waals surface area (Å²) in [5, 5.41) is 2.97. The monoisotopic (exact) mass is 261 g/mol. The number of nitrogens with one attached hydrogen (secondary N) is 1. The molecule has 1 aromatic rings. The topological polar surface area (TPSA) is 58.4 Å². The van der Waals surface area contributed by atoms with Crippen molar-refractivity contribution in [2.45, 2.75) is 38.3 Å². The fourth-order valence-corrected chi connectivity index (χ4v) is 2.29. The van der Waals surface area contributed by atoms with Gasteiger partial charge in [0.25, 0.3) is 0 Å². The van der Waals surface area contributed by atoms with Gasteiger partial charge >= 0.3 is 0 Å². The zero-order valence-electron chi connectivity index (χ0n) is 11.5. The molecular weight excluding hydrogens is 238 g/mol. The lowest BCUT2D eigenvalue weighted by molar-refractivity contribution is -0.121. The summed E-state index contributed by atoms with van der Waals surface area (Å²) in [6.45, 7) is 3.56. The number of rotatable bonds is 7. The van der Waals surface area contributed by atoms with Crippen LogP contribution in [-0.2, 0) is 4.79 Å². The molecule has 1 atom stereocenters. The molecule has 1 fully saturated rings. The highest BCUT2D eigenvalue weighted by Gasteiger charge is 2.34. The summed E-state index contributed by atoms with van der Waals surface area (Å²) in [6.07, 6.45) is 3.35. The van der Waals surface area contributed by atoms with Gasteiger partial charge in [0.2, 0.25) is 5.91 Å². The van der Waals surface area contributed by atoms with E-state index in [0.717, 1.165) is 18.7 Å². The highest BCUT2D eigenvalue weighted by Crippen LogP contribution is 2.29. The Bertz CT molecular complexity index is 403. The second-order valence-corrected chi connectivity index (χ2v) is 5.14. The Morgan fingerprint density at radius 3 is 2.68 bits per heavy atom. The molecule has 1 aliphatic carbocycles. The molecule has 4 nitrogen and oxygen atoms in total. The van der Waals surface area contributed by atoms with Crippen molar-refractivity contribution in [2.24, 2.45) is 5.73 Å². The van der Waals surface area contributed by atoms with E-state index in [1.807, 2.05) is 37.3 Å². The van der Waals surface area contributed by atoms with Gasteiger partial charge in [-0.2, -0.15) is 0 Å². The van der Waals surface area contributed by atoms with Crippen LogP contribution in [-0.4, -0.2) is 36.0 Å². The summed E-state index contributed by atoms with van der Waals surface area (Å²) < 4.78 is 0. The number of nitrogens with zero attached hydrogens (tertiary/aromatic N) is 1. The van der Waals surface area contributed by atoms with Crippen LogP contribution in [0.2, 0.25) is 0 Å². The smallest absolute Gasteiger partial charge is 0.241 e. The van der Waals surface area contributed by atoms with Crippen molar-refractivity contribution in [1.29, 1.82) is 0 Å². The van der Waals surface area contributed by atoms with Crippen molar-refractivity contribution in [2.75, 3.05) is 18.4 Å². The van der Waals surface area contributed by atoms with Gasteiger partial charge in [-0.25, -0.2) is 0 Å². The van der Waals surface area contributed by atoms with E-state index in [4.69, 9.17) is 5.73 Å². The van der Waals surface area contributed by atoms with Gasteiger partial charge in [0.1, 0.15) is 0 Å².